The molecular formula is C23H32F2N8. The lowest BCUT2D eigenvalue weighted by Crippen LogP contribution is -2.60. The second-order valence-corrected chi connectivity index (χ2v) is 10.4. The first-order valence-electron chi connectivity index (χ1n) is 11.2. The lowest BCUT2D eigenvalue weighted by Gasteiger charge is -2.46. The normalized spacial score (nSPS) is 19.7. The molecule has 1 aliphatic carbocycles. The fraction of sp³-hybridized carbons (Fsp3) is 0.522. The maximum atomic E-state index is 14.9. The van der Waals surface area contributed by atoms with Gasteiger partial charge in [0.2, 0.25) is 5.95 Å². The van der Waals surface area contributed by atoms with E-state index in [1.54, 1.807) is 0 Å². The largest absolute Gasteiger partial charge is 0.365 e. The van der Waals surface area contributed by atoms with Gasteiger partial charge in [-0.2, -0.15) is 4.98 Å². The molecule has 2 aromatic rings. The van der Waals surface area contributed by atoms with Crippen LogP contribution in [0.5, 0.6) is 0 Å². The summed E-state index contributed by atoms with van der Waals surface area (Å²) in [6.07, 6.45) is 5.55. The molecule has 1 aliphatic heterocycles. The fourth-order valence-corrected chi connectivity index (χ4v) is 4.95. The molecule has 178 valence electrons. The number of anilines is 4. The predicted octanol–water partition coefficient (Wildman–Crippen LogP) is 4.38. The first-order chi connectivity index (χ1) is 15.5. The number of nitrogens with one attached hydrogen (secondary N) is 4. The molecular weight excluding hydrogens is 426 g/mol. The van der Waals surface area contributed by atoms with E-state index in [4.69, 9.17) is 11.3 Å². The standard InChI is InChI=1S/C23H32F2N8/c1-22(2)9-14(10-23(3,4)32-22)29-20-17(25)11-28-21(31-20)30-18-8-19(33(27)12-26)15(7-16(18)24)13-5-6-13/h7-8,11-14,26,32H,5-6,9-10,27H2,1-4H3,(H2,28,29,30,31). The molecule has 2 aliphatic rings. The van der Waals surface area contributed by atoms with E-state index in [-0.39, 0.29) is 40.5 Å². The Bertz CT molecular complexity index is 1030. The molecule has 1 saturated heterocycles. The molecule has 0 atom stereocenters. The summed E-state index contributed by atoms with van der Waals surface area (Å²) in [6.45, 7) is 8.47. The molecule has 0 amide bonds. The van der Waals surface area contributed by atoms with Gasteiger partial charge in [-0.3, -0.25) is 10.4 Å². The number of piperidine rings is 1. The summed E-state index contributed by atoms with van der Waals surface area (Å²) in [4.78, 5) is 8.26. The molecule has 4 rings (SSSR count). The molecule has 0 bridgehead atoms. The Morgan fingerprint density at radius 2 is 1.82 bits per heavy atom. The van der Waals surface area contributed by atoms with Crippen LogP contribution in [0.3, 0.4) is 0 Å². The Hall–Kier alpha value is -2.85. The zero-order valence-corrected chi connectivity index (χ0v) is 19.5. The molecule has 1 aromatic heterocycles. The molecule has 0 radical (unpaired) electrons. The fourth-order valence-electron chi connectivity index (χ4n) is 4.95. The molecule has 0 spiro atoms. The minimum atomic E-state index is -0.572. The molecule has 1 aromatic carbocycles. The summed E-state index contributed by atoms with van der Waals surface area (Å²) >= 11 is 0. The number of benzene rings is 1. The lowest BCUT2D eigenvalue weighted by atomic mass is 9.79. The van der Waals surface area contributed by atoms with Crippen molar-refractivity contribution in [2.45, 2.75) is 76.4 Å². The van der Waals surface area contributed by atoms with Gasteiger partial charge >= 0.3 is 0 Å². The highest BCUT2D eigenvalue weighted by Crippen LogP contribution is 2.45. The van der Waals surface area contributed by atoms with Gasteiger partial charge in [-0.1, -0.05) is 0 Å². The summed E-state index contributed by atoms with van der Waals surface area (Å²) in [7, 11) is 0. The number of halogens is 2. The van der Waals surface area contributed by atoms with E-state index in [0.29, 0.717) is 5.69 Å². The minimum absolute atomic E-state index is 0.00746. The minimum Gasteiger partial charge on any atom is -0.365 e. The number of rotatable bonds is 7. The molecule has 2 fully saturated rings. The van der Waals surface area contributed by atoms with Crippen LogP contribution in [-0.4, -0.2) is 33.4 Å². The van der Waals surface area contributed by atoms with Gasteiger partial charge < -0.3 is 16.0 Å². The third kappa shape index (κ3) is 5.39. The number of nitrogens with zero attached hydrogens (tertiary/aromatic N) is 3. The molecule has 33 heavy (non-hydrogen) atoms. The molecule has 6 N–H and O–H groups in total. The highest BCUT2D eigenvalue weighted by molar-refractivity contribution is 5.80. The van der Waals surface area contributed by atoms with Crippen molar-refractivity contribution in [3.05, 3.63) is 35.5 Å². The topological polar surface area (TPSA) is 115 Å². The smallest absolute Gasteiger partial charge is 0.229 e. The monoisotopic (exact) mass is 458 g/mol. The summed E-state index contributed by atoms with van der Waals surface area (Å²) < 4.78 is 29.4. The Morgan fingerprint density at radius 1 is 1.15 bits per heavy atom. The number of hydrogen-bond donors (Lipinski definition) is 5. The Labute approximate surface area is 192 Å². The van der Waals surface area contributed by atoms with Crippen molar-refractivity contribution in [2.75, 3.05) is 15.6 Å². The molecule has 10 heteroatoms. The highest BCUT2D eigenvalue weighted by atomic mass is 19.1. The maximum Gasteiger partial charge on any atom is 0.229 e. The van der Waals surface area contributed by atoms with Gasteiger partial charge in [0.1, 0.15) is 12.2 Å². The number of nitrogens with two attached hydrogens (primary N) is 1. The van der Waals surface area contributed by atoms with Crippen molar-refractivity contribution in [2.24, 2.45) is 5.84 Å². The average molecular weight is 459 g/mol. The van der Waals surface area contributed by atoms with Crippen molar-refractivity contribution >= 4 is 29.5 Å². The van der Waals surface area contributed by atoms with Gasteiger partial charge in [-0.05, 0) is 77.0 Å². The number of hydrazine groups is 1. The first kappa shape index (κ1) is 23.3. The van der Waals surface area contributed by atoms with E-state index in [1.807, 2.05) is 0 Å². The van der Waals surface area contributed by atoms with Gasteiger partial charge in [0, 0.05) is 17.1 Å². The number of hydrogen-bond acceptors (Lipinski definition) is 7. The van der Waals surface area contributed by atoms with Crippen LogP contribution in [0.2, 0.25) is 0 Å². The second-order valence-electron chi connectivity index (χ2n) is 10.4. The maximum absolute atomic E-state index is 14.9. The van der Waals surface area contributed by atoms with Gasteiger partial charge in [0.05, 0.1) is 17.6 Å². The van der Waals surface area contributed by atoms with Crippen molar-refractivity contribution < 1.29 is 8.78 Å². The second kappa shape index (κ2) is 8.49. The molecule has 2 heterocycles. The van der Waals surface area contributed by atoms with Crippen LogP contribution in [-0.2, 0) is 0 Å². The van der Waals surface area contributed by atoms with Crippen LogP contribution in [0.1, 0.15) is 64.9 Å². The molecule has 8 nitrogen and oxygen atoms in total. The van der Waals surface area contributed by atoms with E-state index in [0.717, 1.165) is 48.8 Å². The Balaban J connectivity index is 1.58. The van der Waals surface area contributed by atoms with Crippen molar-refractivity contribution in [3.63, 3.8) is 0 Å². The van der Waals surface area contributed by atoms with E-state index < -0.39 is 11.6 Å². The Morgan fingerprint density at radius 3 is 2.42 bits per heavy atom. The van der Waals surface area contributed by atoms with Crippen molar-refractivity contribution in [1.82, 2.24) is 15.3 Å². The summed E-state index contributed by atoms with van der Waals surface area (Å²) in [6, 6.07) is 2.97. The zero-order chi connectivity index (χ0) is 24.0. The quantitative estimate of drug-likeness (QED) is 0.181. The summed E-state index contributed by atoms with van der Waals surface area (Å²) in [5.74, 6) is 5.23. The van der Waals surface area contributed by atoms with Crippen LogP contribution in [0.15, 0.2) is 18.3 Å². The van der Waals surface area contributed by atoms with Crippen LogP contribution in [0.25, 0.3) is 0 Å². The van der Waals surface area contributed by atoms with Crippen LogP contribution in [0.4, 0.5) is 31.9 Å². The van der Waals surface area contributed by atoms with E-state index in [1.165, 1.54) is 12.1 Å². The van der Waals surface area contributed by atoms with E-state index >= 15 is 0 Å². The zero-order valence-electron chi connectivity index (χ0n) is 19.5. The molecule has 1 saturated carbocycles. The van der Waals surface area contributed by atoms with Gasteiger partial charge in [-0.25, -0.2) is 19.6 Å². The number of aromatic nitrogens is 2. The third-order valence-corrected chi connectivity index (χ3v) is 6.07. The van der Waals surface area contributed by atoms with Crippen LogP contribution in [0, 0.1) is 17.0 Å². The van der Waals surface area contributed by atoms with Gasteiger partial charge in [0.15, 0.2) is 11.6 Å². The van der Waals surface area contributed by atoms with E-state index in [2.05, 4.69) is 53.6 Å². The lowest BCUT2D eigenvalue weighted by molar-refractivity contribution is 0.170. The summed E-state index contributed by atoms with van der Waals surface area (Å²) in [5.41, 5.74) is 1.18. The SMILES string of the molecule is CC1(C)CC(Nc2nc(Nc3cc(N(N)C=N)c(C4CC4)cc3F)ncc2F)CC(C)(C)N1. The van der Waals surface area contributed by atoms with Gasteiger partial charge in [-0.15, -0.1) is 0 Å². The van der Waals surface area contributed by atoms with Gasteiger partial charge in [0.25, 0.3) is 0 Å². The van der Waals surface area contributed by atoms with Crippen molar-refractivity contribution in [3.8, 4) is 0 Å². The highest BCUT2D eigenvalue weighted by Gasteiger charge is 2.38. The van der Waals surface area contributed by atoms with Crippen LogP contribution >= 0.6 is 0 Å². The van der Waals surface area contributed by atoms with Crippen LogP contribution < -0.4 is 26.8 Å². The van der Waals surface area contributed by atoms with Crippen molar-refractivity contribution in [1.29, 1.82) is 5.41 Å². The first-order valence-corrected chi connectivity index (χ1v) is 11.2. The molecule has 0 unspecified atom stereocenters. The average Bonchev–Trinajstić information content (AvgIpc) is 3.54. The Kier molecular flexibility index (Phi) is 6.00. The van der Waals surface area contributed by atoms with E-state index in [9.17, 15) is 8.78 Å². The third-order valence-electron chi connectivity index (χ3n) is 6.07. The predicted molar refractivity (Wildman–Crippen MR) is 127 cm³/mol. The summed E-state index contributed by atoms with van der Waals surface area (Å²) in [5, 5.41) is 18.3.